The van der Waals surface area contributed by atoms with Crippen molar-refractivity contribution in [1.82, 2.24) is 10.2 Å². The number of carbonyl (C=O) groups is 1. The number of methoxy groups -OCH3 is 1. The predicted octanol–water partition coefficient (Wildman–Crippen LogP) is 5.15. The summed E-state index contributed by atoms with van der Waals surface area (Å²) in [6.45, 7) is 6.83. The zero-order chi connectivity index (χ0) is 26.6. The molecule has 0 aromatic heterocycles. The van der Waals surface area contributed by atoms with Crippen LogP contribution in [0.5, 0.6) is 0 Å². The molecule has 37 heavy (non-hydrogen) atoms. The smallest absolute Gasteiger partial charge is 0.226 e. The molecule has 0 bridgehead atoms. The number of hydrogen-bond donors (Lipinski definition) is 2. The number of carbonyl (C=O) groups excluding carboxylic acids is 1. The Kier molecular flexibility index (Phi) is 9.04. The average Bonchev–Trinajstić information content (AvgIpc) is 3.54. The summed E-state index contributed by atoms with van der Waals surface area (Å²) in [4.78, 5) is 15.5. The first-order valence-corrected chi connectivity index (χ1v) is 13.8. The predicted molar refractivity (Wildman–Crippen MR) is 146 cm³/mol. The van der Waals surface area contributed by atoms with Gasteiger partial charge in [0.05, 0.1) is 5.60 Å². The van der Waals surface area contributed by atoms with Gasteiger partial charge < -0.3 is 20.1 Å². The van der Waals surface area contributed by atoms with Crippen molar-refractivity contribution in [3.05, 3.63) is 59.4 Å². The monoisotopic (exact) mass is 510 g/mol. The van der Waals surface area contributed by atoms with Crippen LogP contribution in [0.15, 0.2) is 42.5 Å². The van der Waals surface area contributed by atoms with Gasteiger partial charge in [0.15, 0.2) is 0 Å². The topological polar surface area (TPSA) is 61.8 Å². The van der Waals surface area contributed by atoms with Crippen molar-refractivity contribution in [2.75, 3.05) is 40.4 Å². The van der Waals surface area contributed by atoms with Crippen molar-refractivity contribution in [3.63, 3.8) is 0 Å². The van der Waals surface area contributed by atoms with Crippen molar-refractivity contribution in [2.24, 2.45) is 23.7 Å². The quantitative estimate of drug-likeness (QED) is 0.411. The lowest BCUT2D eigenvalue weighted by Crippen LogP contribution is -2.49. The fourth-order valence-corrected chi connectivity index (χ4v) is 6.46. The van der Waals surface area contributed by atoms with Gasteiger partial charge in [-0.1, -0.05) is 48.9 Å². The highest BCUT2D eigenvalue weighted by atomic mass is 19.1. The maximum Gasteiger partial charge on any atom is 0.226 e. The summed E-state index contributed by atoms with van der Waals surface area (Å²) >= 11 is 0. The summed E-state index contributed by atoms with van der Waals surface area (Å²) < 4.78 is 20.7. The minimum absolute atomic E-state index is 0.0537. The molecule has 2 N–H and O–H groups in total. The molecule has 4 rings (SSSR count). The van der Waals surface area contributed by atoms with Gasteiger partial charge in [-0.15, -0.1) is 0 Å². The Balaban J connectivity index is 1.67. The van der Waals surface area contributed by atoms with E-state index in [4.69, 9.17) is 4.74 Å². The van der Waals surface area contributed by atoms with E-state index in [1.807, 2.05) is 49.2 Å². The molecule has 5 atom stereocenters. The van der Waals surface area contributed by atoms with Crippen LogP contribution in [0.1, 0.15) is 50.2 Å². The lowest BCUT2D eigenvalue weighted by atomic mass is 9.72. The molecular formula is C31H43FN2O3. The molecule has 2 aromatic carbocycles. The number of rotatable bonds is 11. The highest BCUT2D eigenvalue weighted by molar-refractivity contribution is 5.82. The number of hydrogen-bond acceptors (Lipinski definition) is 4. The zero-order valence-corrected chi connectivity index (χ0v) is 22.8. The second-order valence-electron chi connectivity index (χ2n) is 11.1. The van der Waals surface area contributed by atoms with E-state index in [1.165, 1.54) is 6.07 Å². The Labute approximate surface area is 221 Å². The summed E-state index contributed by atoms with van der Waals surface area (Å²) in [5, 5.41) is 15.7. The Morgan fingerprint density at radius 1 is 1.24 bits per heavy atom. The van der Waals surface area contributed by atoms with Crippen LogP contribution in [0.3, 0.4) is 0 Å². The largest absolute Gasteiger partial charge is 0.385 e. The molecule has 6 heteroatoms. The van der Waals surface area contributed by atoms with Crippen LogP contribution in [0, 0.1) is 36.4 Å². The van der Waals surface area contributed by atoms with Gasteiger partial charge in [-0.25, -0.2) is 4.39 Å². The van der Waals surface area contributed by atoms with Crippen LogP contribution < -0.4 is 5.32 Å². The molecule has 5 nitrogen and oxygen atoms in total. The summed E-state index contributed by atoms with van der Waals surface area (Å²) in [6, 6.07) is 12.9. The molecule has 1 saturated carbocycles. The maximum atomic E-state index is 15.5. The van der Waals surface area contributed by atoms with Crippen molar-refractivity contribution in [3.8, 4) is 11.1 Å². The molecule has 1 aliphatic heterocycles. The van der Waals surface area contributed by atoms with Crippen molar-refractivity contribution < 1.29 is 19.0 Å². The standard InChI is InChI=1S/C31H43FN2O3/c1-21-10-7-11-23(18-21)29-26(13-8-14-27(29)32)31(36,15-5-6-17-37-4)24-12-9-16-34(20-24)30(35)28-22(2)25(28)19-33-3/h7-8,10-11,13-14,18,22,24-25,28,33,36H,5-6,9,12,15-17,19-20H2,1-4H3/t22-,24-,25-,28-,31+/m1/s1. The van der Waals surface area contributed by atoms with Crippen molar-refractivity contribution in [1.29, 1.82) is 0 Å². The molecule has 1 heterocycles. The summed E-state index contributed by atoms with van der Waals surface area (Å²) in [6.07, 6.45) is 3.70. The van der Waals surface area contributed by atoms with E-state index in [0.29, 0.717) is 42.5 Å². The SMILES string of the molecule is CNC[C@@H]1[C@@H](C)[C@H]1C(=O)N1CCC[C@@H]([C@@](O)(CCCCOC)c2cccc(F)c2-c2cccc(C)c2)C1. The molecule has 202 valence electrons. The van der Waals surface area contributed by atoms with Crippen LogP contribution >= 0.6 is 0 Å². The summed E-state index contributed by atoms with van der Waals surface area (Å²) in [7, 11) is 3.61. The summed E-state index contributed by atoms with van der Waals surface area (Å²) in [5.74, 6) is 0.514. The first-order chi connectivity index (χ1) is 17.8. The number of nitrogens with one attached hydrogen (secondary N) is 1. The summed E-state index contributed by atoms with van der Waals surface area (Å²) in [5.41, 5.74) is 1.65. The molecule has 0 unspecified atom stereocenters. The van der Waals surface area contributed by atoms with E-state index in [9.17, 15) is 9.90 Å². The van der Waals surface area contributed by atoms with Crippen LogP contribution in [0.2, 0.25) is 0 Å². The fourth-order valence-electron chi connectivity index (χ4n) is 6.46. The lowest BCUT2D eigenvalue weighted by Gasteiger charge is -2.44. The molecule has 1 saturated heterocycles. The number of halogens is 1. The fraction of sp³-hybridized carbons (Fsp3) is 0.581. The van der Waals surface area contributed by atoms with Crippen LogP contribution in [0.4, 0.5) is 4.39 Å². The van der Waals surface area contributed by atoms with Crippen molar-refractivity contribution >= 4 is 5.91 Å². The number of benzene rings is 2. The number of aryl methyl sites for hydroxylation is 1. The van der Waals surface area contributed by atoms with E-state index in [0.717, 1.165) is 49.9 Å². The van der Waals surface area contributed by atoms with Crippen LogP contribution in [0.25, 0.3) is 11.1 Å². The van der Waals surface area contributed by atoms with Crippen LogP contribution in [-0.4, -0.2) is 56.3 Å². The highest BCUT2D eigenvalue weighted by Gasteiger charge is 2.53. The number of aliphatic hydroxyl groups is 1. The Morgan fingerprint density at radius 3 is 2.76 bits per heavy atom. The molecule has 2 aromatic rings. The average molecular weight is 511 g/mol. The number of unbranched alkanes of at least 4 members (excludes halogenated alkanes) is 1. The Hall–Kier alpha value is -2.28. The normalized spacial score (nSPS) is 25.1. The minimum Gasteiger partial charge on any atom is -0.385 e. The van der Waals surface area contributed by atoms with Crippen molar-refractivity contribution in [2.45, 2.75) is 51.6 Å². The first kappa shape index (κ1) is 27.7. The van der Waals surface area contributed by atoms with Gasteiger partial charge in [-0.3, -0.25) is 4.79 Å². The second-order valence-corrected chi connectivity index (χ2v) is 11.1. The lowest BCUT2D eigenvalue weighted by molar-refractivity contribution is -0.138. The Morgan fingerprint density at radius 2 is 2.03 bits per heavy atom. The molecule has 0 spiro atoms. The minimum atomic E-state index is -1.26. The molecule has 2 fully saturated rings. The molecule has 0 radical (unpaired) electrons. The van der Waals surface area contributed by atoms with Gasteiger partial charge in [0.25, 0.3) is 0 Å². The number of piperidine rings is 1. The van der Waals surface area contributed by atoms with Gasteiger partial charge in [0.2, 0.25) is 5.91 Å². The van der Waals surface area contributed by atoms with E-state index < -0.39 is 5.60 Å². The third kappa shape index (κ3) is 5.92. The van der Waals surface area contributed by atoms with E-state index in [2.05, 4.69) is 12.2 Å². The molecule has 2 aliphatic rings. The van der Waals surface area contributed by atoms with Gasteiger partial charge in [-0.2, -0.15) is 0 Å². The number of nitrogens with zero attached hydrogens (tertiary/aromatic N) is 1. The third-order valence-corrected chi connectivity index (χ3v) is 8.64. The third-order valence-electron chi connectivity index (χ3n) is 8.64. The van der Waals surface area contributed by atoms with E-state index >= 15 is 4.39 Å². The van der Waals surface area contributed by atoms with E-state index in [-0.39, 0.29) is 23.6 Å². The number of ether oxygens (including phenoxy) is 1. The van der Waals surface area contributed by atoms with Gasteiger partial charge >= 0.3 is 0 Å². The highest BCUT2D eigenvalue weighted by Crippen LogP contribution is 2.48. The molecule has 1 aliphatic carbocycles. The molecule has 1 amide bonds. The number of likely N-dealkylation sites (tertiary alicyclic amines) is 1. The van der Waals surface area contributed by atoms with Gasteiger partial charge in [0, 0.05) is 44.2 Å². The van der Waals surface area contributed by atoms with Gasteiger partial charge in [0.1, 0.15) is 5.82 Å². The molecular weight excluding hydrogens is 467 g/mol. The number of amides is 1. The second kappa shape index (κ2) is 12.1. The first-order valence-electron chi connectivity index (χ1n) is 13.8. The van der Waals surface area contributed by atoms with E-state index in [1.54, 1.807) is 13.2 Å². The maximum absolute atomic E-state index is 15.5. The Bertz CT molecular complexity index is 1080. The zero-order valence-electron chi connectivity index (χ0n) is 22.8. The van der Waals surface area contributed by atoms with Crippen LogP contribution in [-0.2, 0) is 15.1 Å². The van der Waals surface area contributed by atoms with Gasteiger partial charge in [-0.05, 0) is 81.6 Å².